The quantitative estimate of drug-likeness (QED) is 0.314. The minimum Gasteiger partial charge on any atom is -0.496 e. The molecule has 4 aromatic rings. The first-order valence-electron chi connectivity index (χ1n) is 11.4. The zero-order valence-corrected chi connectivity index (χ0v) is 20.7. The molecule has 0 saturated carbocycles. The Morgan fingerprint density at radius 3 is 2.31 bits per heavy atom. The van der Waals surface area contributed by atoms with Gasteiger partial charge in [-0.1, -0.05) is 12.1 Å². The lowest BCUT2D eigenvalue weighted by Crippen LogP contribution is -2.52. The number of ether oxygens (including phenoxy) is 4. The van der Waals surface area contributed by atoms with Crippen LogP contribution in [0, 0.1) is 0 Å². The van der Waals surface area contributed by atoms with E-state index >= 15 is 0 Å². The van der Waals surface area contributed by atoms with Crippen LogP contribution in [0.15, 0.2) is 35.1 Å². The first-order valence-corrected chi connectivity index (χ1v) is 11.4. The Morgan fingerprint density at radius 2 is 1.69 bits per heavy atom. The van der Waals surface area contributed by atoms with E-state index in [1.54, 1.807) is 37.6 Å². The van der Waals surface area contributed by atoms with Gasteiger partial charge >= 0.3 is 11.9 Å². The highest BCUT2D eigenvalue weighted by Crippen LogP contribution is 2.48. The predicted molar refractivity (Wildman–Crippen MR) is 131 cm³/mol. The number of hydrogen-bond acceptors (Lipinski definition) is 9. The van der Waals surface area contributed by atoms with Crippen molar-refractivity contribution in [2.75, 3.05) is 7.11 Å². The molecule has 0 amide bonds. The van der Waals surface area contributed by atoms with Gasteiger partial charge in [0, 0.05) is 27.0 Å². The molecule has 10 nitrogen and oxygen atoms in total. The van der Waals surface area contributed by atoms with Gasteiger partial charge in [0.15, 0.2) is 23.4 Å². The van der Waals surface area contributed by atoms with Crippen molar-refractivity contribution in [3.05, 3.63) is 46.1 Å². The minimum atomic E-state index is -1.07. The zero-order chi connectivity index (χ0) is 25.9. The average Bonchev–Trinajstić information content (AvgIpc) is 2.82. The van der Waals surface area contributed by atoms with Crippen molar-refractivity contribution in [3.8, 4) is 11.5 Å². The van der Waals surface area contributed by atoms with Crippen LogP contribution in [0.2, 0.25) is 0 Å². The average molecular weight is 492 g/mol. The third-order valence-corrected chi connectivity index (χ3v) is 6.34. The Labute approximate surface area is 205 Å². The van der Waals surface area contributed by atoms with Crippen LogP contribution >= 0.6 is 0 Å². The summed E-state index contributed by atoms with van der Waals surface area (Å²) in [4.78, 5) is 47.3. The molecule has 10 heteroatoms. The summed E-state index contributed by atoms with van der Waals surface area (Å²) >= 11 is 0. The monoisotopic (exact) mass is 491 g/mol. The molecule has 0 spiro atoms. The van der Waals surface area contributed by atoms with Crippen LogP contribution in [0.5, 0.6) is 11.5 Å². The fourth-order valence-corrected chi connectivity index (χ4v) is 4.87. The summed E-state index contributed by atoms with van der Waals surface area (Å²) in [6, 6.07) is 8.83. The van der Waals surface area contributed by atoms with Gasteiger partial charge in [0.2, 0.25) is 5.43 Å². The second-order valence-electron chi connectivity index (χ2n) is 9.25. The van der Waals surface area contributed by atoms with Crippen molar-refractivity contribution in [2.24, 2.45) is 7.05 Å². The lowest BCUT2D eigenvalue weighted by atomic mass is 9.86. The van der Waals surface area contributed by atoms with Crippen LogP contribution in [-0.4, -0.2) is 45.3 Å². The van der Waals surface area contributed by atoms with Crippen molar-refractivity contribution in [2.45, 2.75) is 45.5 Å². The summed E-state index contributed by atoms with van der Waals surface area (Å²) in [5.41, 5.74) is 0.985. The Morgan fingerprint density at radius 1 is 1.06 bits per heavy atom. The fraction of sp³-hybridized carbons (Fsp3) is 0.346. The van der Waals surface area contributed by atoms with Crippen molar-refractivity contribution in [3.63, 3.8) is 0 Å². The number of rotatable bonds is 3. The van der Waals surface area contributed by atoms with E-state index in [0.29, 0.717) is 33.5 Å². The molecule has 36 heavy (non-hydrogen) atoms. The summed E-state index contributed by atoms with van der Waals surface area (Å²) in [7, 11) is 3.19. The van der Waals surface area contributed by atoms with Crippen molar-refractivity contribution >= 4 is 45.0 Å². The second-order valence-corrected chi connectivity index (χ2v) is 9.25. The van der Waals surface area contributed by atoms with E-state index in [1.807, 2.05) is 18.2 Å². The third-order valence-electron chi connectivity index (χ3n) is 6.34. The van der Waals surface area contributed by atoms with Gasteiger partial charge in [0.05, 0.1) is 34.6 Å². The molecule has 2 atom stereocenters. The number of carbonyl (C=O) groups excluding carboxylic acids is 2. The van der Waals surface area contributed by atoms with E-state index in [9.17, 15) is 14.4 Å². The molecule has 1 aliphatic rings. The number of hydrogen-bond donors (Lipinski definition) is 0. The smallest absolute Gasteiger partial charge is 0.303 e. The number of pyridine rings is 1. The number of aryl methyl sites for hydroxylation is 1. The van der Waals surface area contributed by atoms with Gasteiger partial charge < -0.3 is 23.5 Å². The Bertz CT molecular complexity index is 1640. The van der Waals surface area contributed by atoms with Gasteiger partial charge in [-0.3, -0.25) is 14.4 Å². The number of aromatic nitrogens is 3. The summed E-state index contributed by atoms with van der Waals surface area (Å²) in [6.07, 6.45) is -2.05. The highest BCUT2D eigenvalue weighted by atomic mass is 16.6. The molecular weight excluding hydrogens is 466 g/mol. The maximum atomic E-state index is 13.8. The molecule has 1 aliphatic heterocycles. The van der Waals surface area contributed by atoms with Crippen molar-refractivity contribution in [1.29, 1.82) is 0 Å². The normalized spacial score (nSPS) is 18.5. The summed E-state index contributed by atoms with van der Waals surface area (Å²) in [5, 5.41) is 0.220. The number of methoxy groups -OCH3 is 1. The first kappa shape index (κ1) is 23.5. The predicted octanol–water partition coefficient (Wildman–Crippen LogP) is 3.35. The van der Waals surface area contributed by atoms with Crippen molar-refractivity contribution < 1.29 is 28.5 Å². The van der Waals surface area contributed by atoms with E-state index in [2.05, 4.69) is 4.98 Å². The number of para-hydroxylation sites is 2. The molecule has 0 saturated heterocycles. The molecule has 0 radical (unpaired) electrons. The lowest BCUT2D eigenvalue weighted by Gasteiger charge is -2.43. The van der Waals surface area contributed by atoms with Gasteiger partial charge in [0.25, 0.3) is 0 Å². The van der Waals surface area contributed by atoms with Crippen LogP contribution in [0.1, 0.15) is 39.4 Å². The van der Waals surface area contributed by atoms with Gasteiger partial charge in [-0.25, -0.2) is 9.97 Å². The highest BCUT2D eigenvalue weighted by Gasteiger charge is 2.50. The molecule has 0 unspecified atom stereocenters. The number of fused-ring (bicyclic) bond motifs is 5. The minimum absolute atomic E-state index is 0.166. The van der Waals surface area contributed by atoms with Crippen molar-refractivity contribution in [1.82, 2.24) is 14.5 Å². The van der Waals surface area contributed by atoms with Gasteiger partial charge in [-0.2, -0.15) is 0 Å². The molecule has 0 bridgehead atoms. The van der Waals surface area contributed by atoms with Gasteiger partial charge in [-0.05, 0) is 26.0 Å². The summed E-state index contributed by atoms with van der Waals surface area (Å²) in [5.74, 6) is -0.542. The topological polar surface area (TPSA) is 119 Å². The standard InChI is InChI=1S/C26H25N3O7/c1-12(30)34-23-19-17(36-26(3,4)24(23)35-13(2)31)11-16(33-6)18-21(19)29(5)25-20(22(18)32)27-14-9-7-8-10-15(14)28-25/h7-11,23-24H,1-6H3/t23-,24-/m1/s1. The molecule has 3 heterocycles. The fourth-order valence-electron chi connectivity index (χ4n) is 4.87. The molecule has 5 rings (SSSR count). The Kier molecular flexibility index (Phi) is 5.35. The maximum Gasteiger partial charge on any atom is 0.303 e. The van der Waals surface area contributed by atoms with Gasteiger partial charge in [-0.15, -0.1) is 0 Å². The zero-order valence-electron chi connectivity index (χ0n) is 20.7. The van der Waals surface area contributed by atoms with E-state index in [1.165, 1.54) is 21.0 Å². The SMILES string of the molecule is COc1cc2c(c3c1c(=O)c1nc4ccccc4nc1n3C)[C@@H](OC(C)=O)[C@@H](OC(C)=O)C(C)(C)O2. The van der Waals surface area contributed by atoms with Crippen LogP contribution in [0.25, 0.3) is 33.1 Å². The second kappa shape index (κ2) is 8.18. The number of benzene rings is 2. The van der Waals surface area contributed by atoms with Crippen LogP contribution < -0.4 is 14.9 Å². The number of esters is 2. The molecular formula is C26H25N3O7. The third kappa shape index (κ3) is 3.52. The molecule has 2 aromatic carbocycles. The Hall–Kier alpha value is -4.21. The number of carbonyl (C=O) groups is 2. The van der Waals surface area contributed by atoms with E-state index in [4.69, 9.17) is 23.9 Å². The lowest BCUT2D eigenvalue weighted by molar-refractivity contribution is -0.187. The largest absolute Gasteiger partial charge is 0.496 e. The van der Waals surface area contributed by atoms with E-state index in [-0.39, 0.29) is 16.7 Å². The Balaban J connectivity index is 1.96. The molecule has 0 fully saturated rings. The maximum absolute atomic E-state index is 13.8. The van der Waals surface area contributed by atoms with Gasteiger partial charge in [0.1, 0.15) is 17.1 Å². The van der Waals surface area contributed by atoms with Crippen LogP contribution in [0.3, 0.4) is 0 Å². The molecule has 0 N–H and O–H groups in total. The van der Waals surface area contributed by atoms with Crippen LogP contribution in [0.4, 0.5) is 0 Å². The number of nitrogens with zero attached hydrogens (tertiary/aromatic N) is 3. The van der Waals surface area contributed by atoms with E-state index in [0.717, 1.165) is 0 Å². The molecule has 0 aliphatic carbocycles. The summed E-state index contributed by atoms with van der Waals surface area (Å²) < 4.78 is 24.9. The van der Waals surface area contributed by atoms with Crippen LogP contribution in [-0.2, 0) is 26.1 Å². The highest BCUT2D eigenvalue weighted by molar-refractivity contribution is 5.99. The summed E-state index contributed by atoms with van der Waals surface area (Å²) in [6.45, 7) is 6.00. The molecule has 186 valence electrons. The first-order chi connectivity index (χ1) is 17.0. The van der Waals surface area contributed by atoms with E-state index < -0.39 is 35.2 Å². The molecule has 2 aromatic heterocycles.